The molecule has 88 valence electrons. The topological polar surface area (TPSA) is 61.6 Å². The van der Waals surface area contributed by atoms with E-state index in [2.05, 4.69) is 0 Å². The van der Waals surface area contributed by atoms with E-state index in [0.717, 1.165) is 0 Å². The number of nitro groups is 1. The van der Waals surface area contributed by atoms with Gasteiger partial charge in [-0.2, -0.15) is 0 Å². The monoisotopic (exact) mass is 225 g/mol. The smallest absolute Gasteiger partial charge is 0.276 e. The maximum absolute atomic E-state index is 10.9. The molecule has 1 aromatic rings. The van der Waals surface area contributed by atoms with E-state index in [0.29, 0.717) is 17.1 Å². The van der Waals surface area contributed by atoms with Crippen molar-refractivity contribution in [2.24, 2.45) is 0 Å². The minimum absolute atomic E-state index is 0.0557. The maximum Gasteiger partial charge on any atom is 0.276 e. The zero-order valence-corrected chi connectivity index (χ0v) is 9.81. The Labute approximate surface area is 94.1 Å². The van der Waals surface area contributed by atoms with Gasteiger partial charge in [0.2, 0.25) is 0 Å². The molecule has 0 unspecified atom stereocenters. The largest absolute Gasteiger partial charge is 0.493 e. The van der Waals surface area contributed by atoms with Crippen molar-refractivity contribution in [3.05, 3.63) is 27.8 Å². The van der Waals surface area contributed by atoms with Crippen LogP contribution in [0.15, 0.2) is 12.1 Å². The van der Waals surface area contributed by atoms with Gasteiger partial charge in [-0.25, -0.2) is 0 Å². The molecule has 1 aromatic carbocycles. The summed E-state index contributed by atoms with van der Waals surface area (Å²) in [5.74, 6) is 0.940. The van der Waals surface area contributed by atoms with E-state index >= 15 is 0 Å². The Balaban J connectivity index is 3.41. The second-order valence-electron chi connectivity index (χ2n) is 3.68. The number of ether oxygens (including phenoxy) is 2. The van der Waals surface area contributed by atoms with Crippen molar-refractivity contribution in [2.75, 3.05) is 14.2 Å². The standard InChI is InChI=1S/C11H15NO4/c1-7(2)8-5-10(15-3)11(16-4)6-9(8)12(13)14/h5-7H,1-4H3. The van der Waals surface area contributed by atoms with E-state index in [-0.39, 0.29) is 11.6 Å². The van der Waals surface area contributed by atoms with E-state index in [1.165, 1.54) is 20.3 Å². The van der Waals surface area contributed by atoms with Gasteiger partial charge in [-0.05, 0) is 12.0 Å². The lowest BCUT2D eigenvalue weighted by Gasteiger charge is -2.12. The molecule has 0 aliphatic heterocycles. The molecule has 0 heterocycles. The lowest BCUT2D eigenvalue weighted by atomic mass is 10.0. The van der Waals surface area contributed by atoms with Gasteiger partial charge in [0.25, 0.3) is 5.69 Å². The normalized spacial score (nSPS) is 10.3. The molecule has 1 rings (SSSR count). The van der Waals surface area contributed by atoms with Crippen molar-refractivity contribution in [1.82, 2.24) is 0 Å². The van der Waals surface area contributed by atoms with Crippen LogP contribution in [0.3, 0.4) is 0 Å². The number of hydrogen-bond donors (Lipinski definition) is 0. The summed E-state index contributed by atoms with van der Waals surface area (Å²) < 4.78 is 10.1. The van der Waals surface area contributed by atoms with Crippen LogP contribution >= 0.6 is 0 Å². The average Bonchev–Trinajstić information content (AvgIpc) is 2.26. The van der Waals surface area contributed by atoms with Crippen LogP contribution in [0.5, 0.6) is 11.5 Å². The van der Waals surface area contributed by atoms with Crippen LogP contribution in [0, 0.1) is 10.1 Å². The highest BCUT2D eigenvalue weighted by Crippen LogP contribution is 2.37. The summed E-state index contributed by atoms with van der Waals surface area (Å²) in [4.78, 5) is 10.5. The molecule has 5 heteroatoms. The van der Waals surface area contributed by atoms with Crippen molar-refractivity contribution in [2.45, 2.75) is 19.8 Å². The van der Waals surface area contributed by atoms with Crippen LogP contribution in [0.25, 0.3) is 0 Å². The van der Waals surface area contributed by atoms with Gasteiger partial charge < -0.3 is 9.47 Å². The molecular weight excluding hydrogens is 210 g/mol. The fourth-order valence-corrected chi connectivity index (χ4v) is 1.50. The van der Waals surface area contributed by atoms with Gasteiger partial charge in [0.15, 0.2) is 11.5 Å². The Kier molecular flexibility index (Phi) is 3.71. The van der Waals surface area contributed by atoms with Crippen molar-refractivity contribution in [3.8, 4) is 11.5 Å². The molecule has 16 heavy (non-hydrogen) atoms. The fourth-order valence-electron chi connectivity index (χ4n) is 1.50. The lowest BCUT2D eigenvalue weighted by Crippen LogP contribution is -2.00. The summed E-state index contributed by atoms with van der Waals surface area (Å²) in [6.07, 6.45) is 0. The Morgan fingerprint density at radius 2 is 1.69 bits per heavy atom. The molecular formula is C11H15NO4. The zero-order valence-electron chi connectivity index (χ0n) is 9.81. The van der Waals surface area contributed by atoms with Gasteiger partial charge in [0.05, 0.1) is 25.2 Å². The van der Waals surface area contributed by atoms with Gasteiger partial charge >= 0.3 is 0 Å². The lowest BCUT2D eigenvalue weighted by molar-refractivity contribution is -0.385. The average molecular weight is 225 g/mol. The van der Waals surface area contributed by atoms with Gasteiger partial charge in [-0.1, -0.05) is 13.8 Å². The Morgan fingerprint density at radius 3 is 2.06 bits per heavy atom. The third kappa shape index (κ3) is 2.24. The van der Waals surface area contributed by atoms with Crippen LogP contribution in [-0.2, 0) is 0 Å². The SMILES string of the molecule is COc1cc(C(C)C)c([N+](=O)[O-])cc1OC. The highest BCUT2D eigenvalue weighted by Gasteiger charge is 2.21. The Bertz CT molecular complexity index is 401. The molecule has 0 bridgehead atoms. The van der Waals surface area contributed by atoms with E-state index < -0.39 is 4.92 Å². The van der Waals surface area contributed by atoms with Crippen molar-refractivity contribution in [1.29, 1.82) is 0 Å². The molecule has 0 saturated heterocycles. The number of rotatable bonds is 4. The maximum atomic E-state index is 10.9. The van der Waals surface area contributed by atoms with Crippen LogP contribution < -0.4 is 9.47 Å². The third-order valence-electron chi connectivity index (χ3n) is 2.35. The first kappa shape index (κ1) is 12.3. The van der Waals surface area contributed by atoms with E-state index in [1.54, 1.807) is 6.07 Å². The van der Waals surface area contributed by atoms with Gasteiger partial charge in [0, 0.05) is 5.56 Å². The number of nitro benzene ring substituents is 1. The summed E-state index contributed by atoms with van der Waals surface area (Å²) in [6.45, 7) is 3.79. The van der Waals surface area contributed by atoms with Crippen molar-refractivity contribution >= 4 is 5.69 Å². The van der Waals surface area contributed by atoms with Crippen molar-refractivity contribution in [3.63, 3.8) is 0 Å². The molecule has 0 aromatic heterocycles. The molecule has 0 atom stereocenters. The molecule has 0 amide bonds. The zero-order chi connectivity index (χ0) is 12.3. The minimum Gasteiger partial charge on any atom is -0.493 e. The Hall–Kier alpha value is -1.78. The second-order valence-corrected chi connectivity index (χ2v) is 3.68. The minimum atomic E-state index is -0.405. The molecule has 5 nitrogen and oxygen atoms in total. The van der Waals surface area contributed by atoms with Crippen LogP contribution in [-0.4, -0.2) is 19.1 Å². The Morgan fingerprint density at radius 1 is 1.19 bits per heavy atom. The summed E-state index contributed by atoms with van der Waals surface area (Å²) in [7, 11) is 2.96. The first-order valence-electron chi connectivity index (χ1n) is 4.91. The number of nitrogens with zero attached hydrogens (tertiary/aromatic N) is 1. The first-order chi connectivity index (χ1) is 7.51. The highest BCUT2D eigenvalue weighted by atomic mass is 16.6. The van der Waals surface area contributed by atoms with E-state index in [9.17, 15) is 10.1 Å². The summed E-state index contributed by atoms with van der Waals surface area (Å²) in [5, 5.41) is 10.9. The number of methoxy groups -OCH3 is 2. The van der Waals surface area contributed by atoms with Crippen LogP contribution in [0.4, 0.5) is 5.69 Å². The van der Waals surface area contributed by atoms with Gasteiger partial charge in [-0.15, -0.1) is 0 Å². The summed E-state index contributed by atoms with van der Waals surface area (Å²) >= 11 is 0. The summed E-state index contributed by atoms with van der Waals surface area (Å²) in [6, 6.07) is 3.05. The summed E-state index contributed by atoms with van der Waals surface area (Å²) in [5.41, 5.74) is 0.704. The molecule has 0 saturated carbocycles. The molecule has 0 spiro atoms. The van der Waals surface area contributed by atoms with E-state index in [4.69, 9.17) is 9.47 Å². The van der Waals surface area contributed by atoms with Gasteiger partial charge in [0.1, 0.15) is 0 Å². The highest BCUT2D eigenvalue weighted by molar-refractivity contribution is 5.55. The number of benzene rings is 1. The van der Waals surface area contributed by atoms with Gasteiger partial charge in [-0.3, -0.25) is 10.1 Å². The fraction of sp³-hybridized carbons (Fsp3) is 0.455. The predicted molar refractivity (Wildman–Crippen MR) is 60.3 cm³/mol. The predicted octanol–water partition coefficient (Wildman–Crippen LogP) is 2.74. The molecule has 0 aliphatic carbocycles. The molecule has 0 aliphatic rings. The molecule has 0 fully saturated rings. The van der Waals surface area contributed by atoms with Crippen LogP contribution in [0.1, 0.15) is 25.3 Å². The molecule has 0 radical (unpaired) electrons. The van der Waals surface area contributed by atoms with E-state index in [1.807, 2.05) is 13.8 Å². The first-order valence-corrected chi connectivity index (χ1v) is 4.91. The van der Waals surface area contributed by atoms with Crippen LogP contribution in [0.2, 0.25) is 0 Å². The van der Waals surface area contributed by atoms with Crippen molar-refractivity contribution < 1.29 is 14.4 Å². The number of hydrogen-bond acceptors (Lipinski definition) is 4. The molecule has 0 N–H and O–H groups in total. The quantitative estimate of drug-likeness (QED) is 0.583. The third-order valence-corrected chi connectivity index (χ3v) is 2.35. The second kappa shape index (κ2) is 4.83.